The summed E-state index contributed by atoms with van der Waals surface area (Å²) in [4.78, 5) is 37.9. The molecule has 0 aliphatic carbocycles. The lowest BCUT2D eigenvalue weighted by molar-refractivity contribution is -0.167. The van der Waals surface area contributed by atoms with Crippen molar-refractivity contribution in [2.45, 2.75) is 361 Å². The summed E-state index contributed by atoms with van der Waals surface area (Å²) < 4.78 is 16.8. The van der Waals surface area contributed by atoms with Crippen LogP contribution in [0.1, 0.15) is 355 Å². The maximum Gasteiger partial charge on any atom is 0.306 e. The van der Waals surface area contributed by atoms with Crippen LogP contribution in [0, 0.1) is 0 Å². The van der Waals surface area contributed by atoms with Crippen molar-refractivity contribution < 1.29 is 28.6 Å². The molecule has 1 unspecified atom stereocenters. The Morgan fingerprint density at radius 2 is 0.534 bits per heavy atom. The van der Waals surface area contributed by atoms with Gasteiger partial charge < -0.3 is 14.2 Å². The van der Waals surface area contributed by atoms with Gasteiger partial charge in [-0.1, -0.05) is 320 Å². The lowest BCUT2D eigenvalue weighted by Crippen LogP contribution is -2.30. The number of hydrogen-bond acceptors (Lipinski definition) is 6. The Morgan fingerprint density at radius 1 is 0.288 bits per heavy atom. The Labute approximate surface area is 455 Å². The van der Waals surface area contributed by atoms with E-state index in [1.54, 1.807) is 0 Å². The van der Waals surface area contributed by atoms with Crippen LogP contribution in [0.4, 0.5) is 0 Å². The zero-order chi connectivity index (χ0) is 52.9. The maximum atomic E-state index is 12.8. The van der Waals surface area contributed by atoms with Crippen molar-refractivity contribution in [2.24, 2.45) is 0 Å². The van der Waals surface area contributed by atoms with E-state index in [0.717, 1.165) is 83.5 Å². The Balaban J connectivity index is 3.93. The molecule has 6 nitrogen and oxygen atoms in total. The first kappa shape index (κ1) is 70.6. The minimum Gasteiger partial charge on any atom is -0.462 e. The van der Waals surface area contributed by atoms with Gasteiger partial charge in [0, 0.05) is 19.3 Å². The van der Waals surface area contributed by atoms with Gasteiger partial charge in [0.25, 0.3) is 0 Å². The largest absolute Gasteiger partial charge is 0.462 e. The molecule has 0 aliphatic heterocycles. The first-order valence-electron chi connectivity index (χ1n) is 32.5. The minimum atomic E-state index is -0.772. The van der Waals surface area contributed by atoms with E-state index in [0.29, 0.717) is 19.3 Å². The SMILES string of the molecule is CC/C=C\C/C=C\C/C=C\CCCCCCCCCC(=O)OC(COC(=O)CCCCCCCC)COC(=O)CCCCCCCCCCCCCCCCCCCCCCCCCCCCCCCCCC. The summed E-state index contributed by atoms with van der Waals surface area (Å²) in [5.41, 5.74) is 0. The van der Waals surface area contributed by atoms with Crippen molar-refractivity contribution in [3.63, 3.8) is 0 Å². The van der Waals surface area contributed by atoms with Gasteiger partial charge in [-0.25, -0.2) is 0 Å². The van der Waals surface area contributed by atoms with E-state index in [2.05, 4.69) is 57.2 Å². The van der Waals surface area contributed by atoms with Crippen LogP contribution >= 0.6 is 0 Å². The third kappa shape index (κ3) is 60.4. The van der Waals surface area contributed by atoms with E-state index in [1.807, 2.05) is 0 Å². The smallest absolute Gasteiger partial charge is 0.306 e. The lowest BCUT2D eigenvalue weighted by Gasteiger charge is -2.18. The number of carbonyl (C=O) groups excluding carboxylic acids is 3. The number of ether oxygens (including phenoxy) is 3. The van der Waals surface area contributed by atoms with E-state index in [-0.39, 0.29) is 31.1 Å². The fourth-order valence-electron chi connectivity index (χ4n) is 9.81. The summed E-state index contributed by atoms with van der Waals surface area (Å²) in [5.74, 6) is -0.874. The highest BCUT2D eigenvalue weighted by Gasteiger charge is 2.19. The summed E-state index contributed by atoms with van der Waals surface area (Å²) in [6.45, 7) is 6.51. The van der Waals surface area contributed by atoms with E-state index in [1.165, 1.54) is 231 Å². The van der Waals surface area contributed by atoms with Gasteiger partial charge in [-0.2, -0.15) is 0 Å². The number of esters is 3. The standard InChI is InChI=1S/C67H124O6/c1-4-7-10-13-16-18-20-22-24-26-27-28-29-30-31-32-33-34-35-36-37-38-39-40-42-43-45-47-49-51-54-57-60-66(69)72-63-64(62-71-65(68)59-56-53-15-12-9-6-3)73-67(70)61-58-55-52-50-48-46-44-41-25-23-21-19-17-14-11-8-5-2/h8,11,17,19,23,25,64H,4-7,9-10,12-16,18,20-22,24,26-63H2,1-3H3/b11-8-,19-17-,25-23-. The van der Waals surface area contributed by atoms with Crippen LogP contribution in [-0.2, 0) is 28.6 Å². The molecular formula is C67H124O6. The predicted octanol–water partition coefficient (Wildman–Crippen LogP) is 22.0. The molecule has 428 valence electrons. The molecule has 0 radical (unpaired) electrons. The van der Waals surface area contributed by atoms with Crippen molar-refractivity contribution in [2.75, 3.05) is 13.2 Å². The molecule has 73 heavy (non-hydrogen) atoms. The van der Waals surface area contributed by atoms with Crippen molar-refractivity contribution >= 4 is 17.9 Å². The molecule has 0 bridgehead atoms. The molecular weight excluding hydrogens is 901 g/mol. The van der Waals surface area contributed by atoms with Gasteiger partial charge in [0.15, 0.2) is 6.10 Å². The molecule has 0 spiro atoms. The number of carbonyl (C=O) groups is 3. The highest BCUT2D eigenvalue weighted by molar-refractivity contribution is 5.71. The van der Waals surface area contributed by atoms with Crippen LogP contribution in [-0.4, -0.2) is 37.2 Å². The summed E-state index contributed by atoms with van der Waals surface area (Å²) in [6, 6.07) is 0. The highest BCUT2D eigenvalue weighted by Crippen LogP contribution is 2.18. The van der Waals surface area contributed by atoms with Crippen LogP contribution in [0.15, 0.2) is 36.5 Å². The van der Waals surface area contributed by atoms with Gasteiger partial charge >= 0.3 is 17.9 Å². The van der Waals surface area contributed by atoms with Crippen LogP contribution in [0.2, 0.25) is 0 Å². The van der Waals surface area contributed by atoms with Gasteiger partial charge in [-0.05, 0) is 51.4 Å². The van der Waals surface area contributed by atoms with Crippen molar-refractivity contribution in [1.29, 1.82) is 0 Å². The van der Waals surface area contributed by atoms with E-state index in [9.17, 15) is 14.4 Å². The highest BCUT2D eigenvalue weighted by atomic mass is 16.6. The third-order valence-corrected chi connectivity index (χ3v) is 14.7. The topological polar surface area (TPSA) is 78.9 Å². The second kappa shape index (κ2) is 62.2. The van der Waals surface area contributed by atoms with E-state index < -0.39 is 6.10 Å². The second-order valence-electron chi connectivity index (χ2n) is 22.0. The van der Waals surface area contributed by atoms with Crippen molar-refractivity contribution in [3.8, 4) is 0 Å². The first-order valence-corrected chi connectivity index (χ1v) is 32.5. The Hall–Kier alpha value is -2.37. The van der Waals surface area contributed by atoms with Crippen LogP contribution in [0.25, 0.3) is 0 Å². The molecule has 0 saturated heterocycles. The zero-order valence-electron chi connectivity index (χ0n) is 49.2. The van der Waals surface area contributed by atoms with Gasteiger partial charge in [0.2, 0.25) is 0 Å². The first-order chi connectivity index (χ1) is 36.0. The van der Waals surface area contributed by atoms with Crippen LogP contribution < -0.4 is 0 Å². The molecule has 6 heteroatoms. The predicted molar refractivity (Wildman–Crippen MR) is 316 cm³/mol. The van der Waals surface area contributed by atoms with Gasteiger partial charge in [0.1, 0.15) is 13.2 Å². The molecule has 0 aromatic heterocycles. The average Bonchev–Trinajstić information content (AvgIpc) is 3.39. The molecule has 0 amide bonds. The summed E-state index contributed by atoms with van der Waals surface area (Å²) in [7, 11) is 0. The molecule has 0 aromatic rings. The average molecular weight is 1030 g/mol. The molecule has 1 atom stereocenters. The third-order valence-electron chi connectivity index (χ3n) is 14.7. The number of hydrogen-bond donors (Lipinski definition) is 0. The Morgan fingerprint density at radius 3 is 0.836 bits per heavy atom. The molecule has 0 aromatic carbocycles. The van der Waals surface area contributed by atoms with E-state index >= 15 is 0 Å². The molecule has 0 heterocycles. The summed E-state index contributed by atoms with van der Waals surface area (Å²) >= 11 is 0. The quantitative estimate of drug-likeness (QED) is 0.0261. The summed E-state index contributed by atoms with van der Waals surface area (Å²) in [6.07, 6.45) is 76.5. The molecule has 0 N–H and O–H groups in total. The fraction of sp³-hybridized carbons (Fsp3) is 0.866. The Bertz CT molecular complexity index is 1220. The number of unbranched alkanes of at least 4 members (excludes halogenated alkanes) is 43. The minimum absolute atomic E-state index is 0.0724. The van der Waals surface area contributed by atoms with Crippen molar-refractivity contribution in [1.82, 2.24) is 0 Å². The van der Waals surface area contributed by atoms with E-state index in [4.69, 9.17) is 14.2 Å². The molecule has 0 fully saturated rings. The van der Waals surface area contributed by atoms with Gasteiger partial charge in [-0.3, -0.25) is 14.4 Å². The monoisotopic (exact) mass is 1020 g/mol. The second-order valence-corrected chi connectivity index (χ2v) is 22.0. The number of rotatable bonds is 60. The van der Waals surface area contributed by atoms with Gasteiger partial charge in [-0.15, -0.1) is 0 Å². The fourth-order valence-corrected chi connectivity index (χ4v) is 9.81. The summed E-state index contributed by atoms with van der Waals surface area (Å²) in [5, 5.41) is 0. The maximum absolute atomic E-state index is 12.8. The normalized spacial score (nSPS) is 12.2. The van der Waals surface area contributed by atoms with Gasteiger partial charge in [0.05, 0.1) is 0 Å². The molecule has 0 aliphatic rings. The Kier molecular flexibility index (Phi) is 60.2. The number of allylic oxidation sites excluding steroid dienone is 6. The van der Waals surface area contributed by atoms with Crippen LogP contribution in [0.5, 0.6) is 0 Å². The zero-order valence-corrected chi connectivity index (χ0v) is 49.2. The lowest BCUT2D eigenvalue weighted by atomic mass is 10.0. The van der Waals surface area contributed by atoms with Crippen LogP contribution in [0.3, 0.4) is 0 Å². The molecule has 0 saturated carbocycles. The van der Waals surface area contributed by atoms with Crippen molar-refractivity contribution in [3.05, 3.63) is 36.5 Å². The molecule has 0 rings (SSSR count).